The van der Waals surface area contributed by atoms with E-state index >= 15 is 0 Å². The Kier molecular flexibility index (Phi) is 4.78. The van der Waals surface area contributed by atoms with Gasteiger partial charge >= 0.3 is 12.2 Å². The minimum Gasteiger partial charge on any atom is -0.306 e. The van der Waals surface area contributed by atoms with E-state index in [0.717, 1.165) is 22.7 Å². The molecular formula is C17H14ClF3N4O. The Hall–Kier alpha value is -2.74. The number of halogens is 4. The van der Waals surface area contributed by atoms with E-state index in [-0.39, 0.29) is 5.69 Å². The minimum absolute atomic E-state index is 0.00402. The summed E-state index contributed by atoms with van der Waals surface area (Å²) >= 11 is 6.37. The van der Waals surface area contributed by atoms with E-state index in [1.807, 2.05) is 12.1 Å². The van der Waals surface area contributed by atoms with Gasteiger partial charge < -0.3 is 5.32 Å². The highest BCUT2D eigenvalue weighted by molar-refractivity contribution is 6.23. The molecule has 1 unspecified atom stereocenters. The number of nitrogens with one attached hydrogen (secondary N) is 2. The van der Waals surface area contributed by atoms with E-state index in [9.17, 15) is 18.0 Å². The second-order valence-corrected chi connectivity index (χ2v) is 5.90. The van der Waals surface area contributed by atoms with E-state index in [2.05, 4.69) is 15.7 Å². The zero-order chi connectivity index (χ0) is 18.9. The molecule has 1 aliphatic rings. The second kappa shape index (κ2) is 6.87. The van der Waals surface area contributed by atoms with Crippen LogP contribution in [-0.2, 0) is 6.18 Å². The molecule has 2 N–H and O–H groups in total. The zero-order valence-electron chi connectivity index (χ0n) is 13.5. The van der Waals surface area contributed by atoms with Gasteiger partial charge in [-0.3, -0.25) is 10.4 Å². The maximum atomic E-state index is 12.8. The van der Waals surface area contributed by atoms with Crippen molar-refractivity contribution in [3.05, 3.63) is 65.2 Å². The van der Waals surface area contributed by atoms with Crippen molar-refractivity contribution in [2.75, 3.05) is 12.4 Å². The molecule has 0 saturated heterocycles. The van der Waals surface area contributed by atoms with Gasteiger partial charge in [-0.1, -0.05) is 41.9 Å². The molecular weight excluding hydrogens is 369 g/mol. The van der Waals surface area contributed by atoms with Gasteiger partial charge in [-0.25, -0.2) is 9.80 Å². The summed E-state index contributed by atoms with van der Waals surface area (Å²) < 4.78 is 38.4. The molecule has 9 heteroatoms. The average Bonchev–Trinajstić information content (AvgIpc) is 2.62. The normalized spacial score (nSPS) is 18.3. The van der Waals surface area contributed by atoms with Crippen molar-refractivity contribution in [1.82, 2.24) is 10.4 Å². The molecule has 0 bridgehead atoms. The van der Waals surface area contributed by atoms with Crippen molar-refractivity contribution in [3.8, 4) is 0 Å². The number of hydrogen-bond acceptors (Lipinski definition) is 2. The molecule has 1 heterocycles. The Bertz CT molecular complexity index is 869. The quantitative estimate of drug-likeness (QED) is 0.568. The Labute approximate surface area is 152 Å². The fraction of sp³-hybridized carbons (Fsp3) is 0.176. The van der Waals surface area contributed by atoms with Gasteiger partial charge in [0.15, 0.2) is 5.50 Å². The molecule has 0 saturated carbocycles. The van der Waals surface area contributed by atoms with Crippen molar-refractivity contribution in [1.29, 1.82) is 0 Å². The summed E-state index contributed by atoms with van der Waals surface area (Å²) in [5, 5.41) is 3.49. The first-order valence-electron chi connectivity index (χ1n) is 7.55. The Morgan fingerprint density at radius 3 is 2.65 bits per heavy atom. The van der Waals surface area contributed by atoms with Crippen LogP contribution in [0.25, 0.3) is 0 Å². The van der Waals surface area contributed by atoms with E-state index < -0.39 is 23.3 Å². The lowest BCUT2D eigenvalue weighted by Crippen LogP contribution is -2.52. The molecule has 0 radical (unpaired) electrons. The highest BCUT2D eigenvalue weighted by Gasteiger charge is 2.33. The number of nitrogens with zero attached hydrogens (tertiary/aromatic N) is 2. The van der Waals surface area contributed by atoms with Crippen LogP contribution in [0.5, 0.6) is 0 Å². The van der Waals surface area contributed by atoms with Gasteiger partial charge in [-0.05, 0) is 18.2 Å². The van der Waals surface area contributed by atoms with Crippen molar-refractivity contribution in [2.24, 2.45) is 4.99 Å². The fourth-order valence-corrected chi connectivity index (χ4v) is 2.90. The van der Waals surface area contributed by atoms with Crippen molar-refractivity contribution in [2.45, 2.75) is 11.7 Å². The number of fused-ring (bicyclic) bond motifs is 1. The number of amidine groups is 1. The zero-order valence-corrected chi connectivity index (χ0v) is 14.3. The summed E-state index contributed by atoms with van der Waals surface area (Å²) in [6.45, 7) is 0. The van der Waals surface area contributed by atoms with Gasteiger partial charge in [0.1, 0.15) is 5.84 Å². The number of carbonyl (C=O) groups is 1. The van der Waals surface area contributed by atoms with Crippen LogP contribution < -0.4 is 10.7 Å². The molecule has 5 nitrogen and oxygen atoms in total. The molecule has 0 aromatic heterocycles. The largest absolute Gasteiger partial charge is 0.416 e. The Morgan fingerprint density at radius 2 is 1.96 bits per heavy atom. The summed E-state index contributed by atoms with van der Waals surface area (Å²) in [5.41, 5.74) is 2.49. The molecule has 0 spiro atoms. The summed E-state index contributed by atoms with van der Waals surface area (Å²) in [4.78, 5) is 16.6. The van der Waals surface area contributed by atoms with Gasteiger partial charge in [0.2, 0.25) is 0 Å². The number of carbonyl (C=O) groups excluding carboxylic acids is 1. The van der Waals surface area contributed by atoms with Crippen molar-refractivity contribution >= 4 is 29.2 Å². The monoisotopic (exact) mass is 382 g/mol. The maximum Gasteiger partial charge on any atom is 0.416 e. The number of hydrazine groups is 1. The number of alkyl halides is 4. The number of anilines is 1. The van der Waals surface area contributed by atoms with Crippen LogP contribution in [0.4, 0.5) is 23.7 Å². The molecule has 0 fully saturated rings. The Balaban J connectivity index is 1.85. The molecule has 26 heavy (non-hydrogen) atoms. The third kappa shape index (κ3) is 3.45. The van der Waals surface area contributed by atoms with Crippen LogP contribution in [0.15, 0.2) is 53.5 Å². The molecule has 2 aromatic carbocycles. The lowest BCUT2D eigenvalue weighted by molar-refractivity contribution is -0.137. The van der Waals surface area contributed by atoms with Crippen LogP contribution in [0.3, 0.4) is 0 Å². The van der Waals surface area contributed by atoms with E-state index in [4.69, 9.17) is 11.6 Å². The van der Waals surface area contributed by atoms with Crippen molar-refractivity contribution in [3.63, 3.8) is 0 Å². The second-order valence-electron chi connectivity index (χ2n) is 5.49. The predicted octanol–water partition coefficient (Wildman–Crippen LogP) is 4.37. The average molecular weight is 383 g/mol. The number of rotatable bonds is 1. The van der Waals surface area contributed by atoms with Crippen LogP contribution in [0.1, 0.15) is 22.2 Å². The topological polar surface area (TPSA) is 56.7 Å². The van der Waals surface area contributed by atoms with Crippen LogP contribution >= 0.6 is 11.6 Å². The first-order chi connectivity index (χ1) is 12.3. The highest BCUT2D eigenvalue weighted by atomic mass is 35.5. The van der Waals surface area contributed by atoms with Crippen LogP contribution in [0, 0.1) is 0 Å². The van der Waals surface area contributed by atoms with Crippen molar-refractivity contribution < 1.29 is 18.0 Å². The molecule has 1 aliphatic heterocycles. The van der Waals surface area contributed by atoms with Gasteiger partial charge in [-0.15, -0.1) is 0 Å². The van der Waals surface area contributed by atoms with Gasteiger partial charge in [0, 0.05) is 23.9 Å². The molecule has 2 amide bonds. The van der Waals surface area contributed by atoms with Crippen LogP contribution in [-0.4, -0.2) is 23.9 Å². The maximum absolute atomic E-state index is 12.8. The van der Waals surface area contributed by atoms with Gasteiger partial charge in [-0.2, -0.15) is 13.2 Å². The fourth-order valence-electron chi connectivity index (χ4n) is 2.57. The number of urea groups is 1. The molecule has 2 aromatic rings. The summed E-state index contributed by atoms with van der Waals surface area (Å²) in [7, 11) is 1.55. The molecule has 0 aliphatic carbocycles. The number of aliphatic imine (C=N–C) groups is 1. The summed E-state index contributed by atoms with van der Waals surface area (Å²) in [6, 6.07) is 10.8. The van der Waals surface area contributed by atoms with Gasteiger partial charge in [0.05, 0.1) is 5.56 Å². The lowest BCUT2D eigenvalue weighted by Gasteiger charge is -2.35. The SMILES string of the molecule is CN=C1NN(C(=O)Nc2cccc(C(F)(F)F)c2)C(Cl)c2ccccc21. The number of hydrogen-bond donors (Lipinski definition) is 2. The lowest BCUT2D eigenvalue weighted by atomic mass is 10.0. The Morgan fingerprint density at radius 1 is 1.23 bits per heavy atom. The third-order valence-corrected chi connectivity index (χ3v) is 4.24. The van der Waals surface area contributed by atoms with E-state index in [1.54, 1.807) is 19.2 Å². The van der Waals surface area contributed by atoms with Gasteiger partial charge in [0.25, 0.3) is 0 Å². The summed E-state index contributed by atoms with van der Waals surface area (Å²) in [5.74, 6) is 0.427. The molecule has 3 rings (SSSR count). The summed E-state index contributed by atoms with van der Waals surface area (Å²) in [6.07, 6.45) is -4.50. The molecule has 1 atom stereocenters. The van der Waals surface area contributed by atoms with E-state index in [0.29, 0.717) is 11.4 Å². The first kappa shape index (κ1) is 18.1. The predicted molar refractivity (Wildman–Crippen MR) is 92.9 cm³/mol. The minimum atomic E-state index is -4.50. The number of benzene rings is 2. The number of amides is 2. The molecule has 136 valence electrons. The standard InChI is InChI=1S/C17H14ClF3N4O/c1-22-15-13-8-3-2-7-12(13)14(18)25(24-15)16(26)23-11-6-4-5-10(9-11)17(19,20)21/h2-9,14H,1H3,(H,22,24)(H,23,26). The smallest absolute Gasteiger partial charge is 0.306 e. The van der Waals surface area contributed by atoms with E-state index in [1.165, 1.54) is 12.1 Å². The van der Waals surface area contributed by atoms with Crippen LogP contribution in [0.2, 0.25) is 0 Å². The first-order valence-corrected chi connectivity index (χ1v) is 7.99. The third-order valence-electron chi connectivity index (χ3n) is 3.81. The highest BCUT2D eigenvalue weighted by Crippen LogP contribution is 2.33.